The van der Waals surface area contributed by atoms with Gasteiger partial charge in [0.2, 0.25) is 5.89 Å². The molecule has 2 rings (SSSR count). The first-order valence-corrected chi connectivity index (χ1v) is 7.61. The molecule has 2 atom stereocenters. The van der Waals surface area contributed by atoms with Crippen LogP contribution in [0.5, 0.6) is 0 Å². The highest BCUT2D eigenvalue weighted by Gasteiger charge is 2.24. The molecular formula is C15H23N5O3. The van der Waals surface area contributed by atoms with Crippen molar-refractivity contribution in [3.63, 3.8) is 0 Å². The van der Waals surface area contributed by atoms with E-state index in [1.54, 1.807) is 31.0 Å². The second-order valence-corrected chi connectivity index (χ2v) is 6.04. The van der Waals surface area contributed by atoms with Crippen molar-refractivity contribution >= 4 is 6.09 Å². The average Bonchev–Trinajstić information content (AvgIpc) is 3.04. The Hall–Kier alpha value is -2.38. The molecule has 2 unspecified atom stereocenters. The van der Waals surface area contributed by atoms with E-state index >= 15 is 0 Å². The van der Waals surface area contributed by atoms with Crippen LogP contribution in [-0.2, 0) is 11.8 Å². The van der Waals surface area contributed by atoms with Gasteiger partial charge in [0.25, 0.3) is 0 Å². The highest BCUT2D eigenvalue weighted by Crippen LogP contribution is 2.19. The van der Waals surface area contributed by atoms with Crippen LogP contribution in [0.15, 0.2) is 16.9 Å². The fraction of sp³-hybridized carbons (Fsp3) is 0.600. The molecule has 1 N–H and O–H groups in total. The third-order valence-electron chi connectivity index (χ3n) is 3.23. The van der Waals surface area contributed by atoms with Crippen LogP contribution in [0.4, 0.5) is 4.79 Å². The van der Waals surface area contributed by atoms with E-state index < -0.39 is 12.1 Å². The number of hydrogen-bond acceptors (Lipinski definition) is 6. The summed E-state index contributed by atoms with van der Waals surface area (Å²) < 4.78 is 12.0. The molecule has 0 fully saturated rings. The van der Waals surface area contributed by atoms with Gasteiger partial charge in [-0.05, 0) is 19.3 Å². The van der Waals surface area contributed by atoms with E-state index in [0.717, 1.165) is 12.0 Å². The summed E-state index contributed by atoms with van der Waals surface area (Å²) >= 11 is 0. The topological polar surface area (TPSA) is 95.1 Å². The average molecular weight is 321 g/mol. The van der Waals surface area contributed by atoms with E-state index in [4.69, 9.17) is 9.26 Å². The van der Waals surface area contributed by atoms with Gasteiger partial charge in [-0.3, -0.25) is 4.68 Å². The number of hydrogen-bond donors (Lipinski definition) is 1. The minimum atomic E-state index is -0.570. The van der Waals surface area contributed by atoms with Crippen molar-refractivity contribution in [2.75, 3.05) is 0 Å². The van der Waals surface area contributed by atoms with Gasteiger partial charge in [0.1, 0.15) is 12.1 Å². The van der Waals surface area contributed by atoms with Gasteiger partial charge in [0.05, 0.1) is 6.20 Å². The van der Waals surface area contributed by atoms with E-state index in [2.05, 4.69) is 34.4 Å². The lowest BCUT2D eigenvalue weighted by atomic mass is 10.1. The van der Waals surface area contributed by atoms with Gasteiger partial charge in [-0.15, -0.1) is 0 Å². The summed E-state index contributed by atoms with van der Waals surface area (Å²) in [6.07, 6.45) is 3.54. The van der Waals surface area contributed by atoms with Crippen molar-refractivity contribution in [2.45, 2.75) is 46.3 Å². The zero-order chi connectivity index (χ0) is 17.0. The Balaban J connectivity index is 2.10. The Morgan fingerprint density at radius 1 is 1.43 bits per heavy atom. The second kappa shape index (κ2) is 7.26. The SMILES string of the molecule is Cc1nc(C(NC(=O)OC(C)CC(C)C)c2cnn(C)c2)no1. The Morgan fingerprint density at radius 2 is 2.17 bits per heavy atom. The zero-order valence-corrected chi connectivity index (χ0v) is 14.1. The predicted octanol–water partition coefficient (Wildman–Crippen LogP) is 2.36. The van der Waals surface area contributed by atoms with Gasteiger partial charge in [-0.25, -0.2) is 4.79 Å². The Kier molecular flexibility index (Phi) is 5.36. The van der Waals surface area contributed by atoms with Crippen LogP contribution in [0.1, 0.15) is 50.5 Å². The number of amides is 1. The molecule has 8 heteroatoms. The van der Waals surface area contributed by atoms with Crippen molar-refractivity contribution in [1.29, 1.82) is 0 Å². The molecule has 0 aliphatic heterocycles. The van der Waals surface area contributed by atoms with Gasteiger partial charge in [0, 0.05) is 25.7 Å². The molecule has 2 aromatic rings. The fourth-order valence-electron chi connectivity index (χ4n) is 2.36. The van der Waals surface area contributed by atoms with Crippen LogP contribution in [-0.4, -0.2) is 32.1 Å². The summed E-state index contributed by atoms with van der Waals surface area (Å²) in [4.78, 5) is 16.4. The minimum absolute atomic E-state index is 0.170. The lowest BCUT2D eigenvalue weighted by molar-refractivity contribution is 0.0932. The fourth-order valence-corrected chi connectivity index (χ4v) is 2.36. The van der Waals surface area contributed by atoms with Crippen LogP contribution in [0.2, 0.25) is 0 Å². The number of rotatable bonds is 6. The molecular weight excluding hydrogens is 298 g/mol. The largest absolute Gasteiger partial charge is 0.447 e. The Labute approximate surface area is 135 Å². The van der Waals surface area contributed by atoms with Gasteiger partial charge >= 0.3 is 6.09 Å². The van der Waals surface area contributed by atoms with E-state index in [0.29, 0.717) is 17.6 Å². The molecule has 0 bridgehead atoms. The number of alkyl carbamates (subject to hydrolysis) is 1. The zero-order valence-electron chi connectivity index (χ0n) is 14.1. The summed E-state index contributed by atoms with van der Waals surface area (Å²) in [5, 5.41) is 10.8. The maximum Gasteiger partial charge on any atom is 0.408 e. The maximum atomic E-state index is 12.2. The molecule has 126 valence electrons. The van der Waals surface area contributed by atoms with E-state index in [1.807, 2.05) is 6.92 Å². The van der Waals surface area contributed by atoms with Gasteiger partial charge in [-0.2, -0.15) is 10.1 Å². The van der Waals surface area contributed by atoms with Crippen molar-refractivity contribution in [1.82, 2.24) is 25.2 Å². The predicted molar refractivity (Wildman–Crippen MR) is 82.6 cm³/mol. The first-order chi connectivity index (χ1) is 10.8. The van der Waals surface area contributed by atoms with Gasteiger partial charge in [0.15, 0.2) is 5.82 Å². The molecule has 23 heavy (non-hydrogen) atoms. The van der Waals surface area contributed by atoms with Crippen molar-refractivity contribution < 1.29 is 14.1 Å². The van der Waals surface area contributed by atoms with E-state index in [9.17, 15) is 4.79 Å². The molecule has 1 amide bonds. The molecule has 2 heterocycles. The van der Waals surface area contributed by atoms with Crippen LogP contribution >= 0.6 is 0 Å². The minimum Gasteiger partial charge on any atom is -0.447 e. The molecule has 0 aliphatic carbocycles. The molecule has 8 nitrogen and oxygen atoms in total. The number of aromatic nitrogens is 4. The van der Waals surface area contributed by atoms with E-state index in [-0.39, 0.29) is 6.10 Å². The molecule has 0 spiro atoms. The van der Waals surface area contributed by atoms with Crippen molar-refractivity contribution in [2.24, 2.45) is 13.0 Å². The maximum absolute atomic E-state index is 12.2. The third-order valence-corrected chi connectivity index (χ3v) is 3.23. The molecule has 0 aliphatic rings. The lowest BCUT2D eigenvalue weighted by Gasteiger charge is -2.18. The van der Waals surface area contributed by atoms with Crippen LogP contribution in [0.3, 0.4) is 0 Å². The summed E-state index contributed by atoms with van der Waals surface area (Å²) in [6.45, 7) is 7.73. The smallest absolute Gasteiger partial charge is 0.408 e. The second-order valence-electron chi connectivity index (χ2n) is 6.04. The Morgan fingerprint density at radius 3 is 2.70 bits per heavy atom. The number of aryl methyl sites for hydroxylation is 2. The molecule has 0 saturated heterocycles. The van der Waals surface area contributed by atoms with Crippen LogP contribution in [0, 0.1) is 12.8 Å². The first kappa shape index (κ1) is 17.0. The lowest BCUT2D eigenvalue weighted by Crippen LogP contribution is -2.33. The van der Waals surface area contributed by atoms with Crippen LogP contribution < -0.4 is 5.32 Å². The first-order valence-electron chi connectivity index (χ1n) is 7.61. The van der Waals surface area contributed by atoms with Gasteiger partial charge in [-0.1, -0.05) is 19.0 Å². The standard InChI is InChI=1S/C15H23N5O3/c1-9(2)6-10(3)22-15(21)18-13(12-7-16-20(5)8-12)14-17-11(4)23-19-14/h7-10,13H,6H2,1-5H3,(H,18,21). The highest BCUT2D eigenvalue weighted by molar-refractivity contribution is 5.68. The number of nitrogens with zero attached hydrogens (tertiary/aromatic N) is 4. The normalized spacial score (nSPS) is 13.8. The highest BCUT2D eigenvalue weighted by atomic mass is 16.6. The molecule has 0 aromatic carbocycles. The van der Waals surface area contributed by atoms with Gasteiger partial charge < -0.3 is 14.6 Å². The van der Waals surface area contributed by atoms with E-state index in [1.165, 1.54) is 0 Å². The number of carbonyl (C=O) groups is 1. The van der Waals surface area contributed by atoms with Crippen molar-refractivity contribution in [3.05, 3.63) is 29.7 Å². The van der Waals surface area contributed by atoms with Crippen molar-refractivity contribution in [3.8, 4) is 0 Å². The monoisotopic (exact) mass is 321 g/mol. The number of carbonyl (C=O) groups excluding carboxylic acids is 1. The number of nitrogens with one attached hydrogen (secondary N) is 1. The third kappa shape index (κ3) is 4.80. The summed E-state index contributed by atoms with van der Waals surface area (Å²) in [6, 6.07) is -0.570. The number of ether oxygens (including phenoxy) is 1. The van der Waals surface area contributed by atoms with Crippen LogP contribution in [0.25, 0.3) is 0 Å². The summed E-state index contributed by atoms with van der Waals surface area (Å²) in [5.41, 5.74) is 0.752. The summed E-state index contributed by atoms with van der Waals surface area (Å²) in [5.74, 6) is 1.24. The molecule has 0 saturated carbocycles. The molecule has 2 aromatic heterocycles. The molecule has 0 radical (unpaired) electrons. The Bertz CT molecular complexity index is 609. The summed E-state index contributed by atoms with van der Waals surface area (Å²) in [7, 11) is 1.80. The quantitative estimate of drug-likeness (QED) is 0.877.